The molecule has 1 aliphatic rings. The molecule has 0 amide bonds. The zero-order chi connectivity index (χ0) is 61.1. The predicted molar refractivity (Wildman–Crippen MR) is 364 cm³/mol. The van der Waals surface area contributed by atoms with Crippen LogP contribution >= 0.6 is 0 Å². The fourth-order valence-corrected chi connectivity index (χ4v) is 14.3. The van der Waals surface area contributed by atoms with Gasteiger partial charge in [0.05, 0.1) is 60.7 Å². The highest BCUT2D eigenvalue weighted by molar-refractivity contribution is 6.22. The van der Waals surface area contributed by atoms with E-state index >= 15 is 0 Å². The minimum atomic E-state index is -0.536. The number of aromatic nitrogens is 12. The Bertz CT molecular complexity index is 6280. The second-order valence-electron chi connectivity index (χ2n) is 24.0. The van der Waals surface area contributed by atoms with E-state index in [4.69, 9.17) is 34.9 Å². The maximum absolute atomic E-state index is 15.0. The minimum Gasteiger partial charge on any atom is -0.279 e. The fourth-order valence-electron chi connectivity index (χ4n) is 14.3. The zero-order valence-corrected chi connectivity index (χ0v) is 49.4. The second kappa shape index (κ2) is 19.2. The quantitative estimate of drug-likeness (QED) is 0.152. The molecule has 8 heterocycles. The molecule has 1 aliphatic heterocycles. The molecule has 432 valence electrons. The number of hydrogen-bond acceptors (Lipinski definition) is 9. The van der Waals surface area contributed by atoms with Gasteiger partial charge in [0.1, 0.15) is 11.3 Å². The molecule has 14 nitrogen and oxygen atoms in total. The third kappa shape index (κ3) is 7.33. The van der Waals surface area contributed by atoms with E-state index in [0.717, 1.165) is 116 Å². The topological polar surface area (TPSA) is 148 Å². The number of imidazole rings is 2. The van der Waals surface area contributed by atoms with Crippen molar-refractivity contribution in [2.45, 2.75) is 19.3 Å². The van der Waals surface area contributed by atoms with E-state index in [9.17, 15) is 9.59 Å². The van der Waals surface area contributed by atoms with Gasteiger partial charge in [-0.3, -0.25) is 27.9 Å². The molecule has 0 N–H and O–H groups in total. The molecule has 11 aromatic carbocycles. The van der Waals surface area contributed by atoms with Gasteiger partial charge in [-0.25, -0.2) is 29.3 Å². The number of para-hydroxylation sites is 4. The molecule has 14 heteroatoms. The number of fused-ring (bicyclic) bond motifs is 17. The van der Waals surface area contributed by atoms with Crippen molar-refractivity contribution >= 4 is 99.2 Å². The third-order valence-electron chi connectivity index (χ3n) is 18.5. The van der Waals surface area contributed by atoms with E-state index < -0.39 is 5.41 Å². The van der Waals surface area contributed by atoms with Crippen molar-refractivity contribution < 1.29 is 4.79 Å². The smallest absolute Gasteiger partial charge is 0.267 e. The first kappa shape index (κ1) is 51.5. The Morgan fingerprint density at radius 3 is 1.59 bits per heavy atom. The Kier molecular flexibility index (Phi) is 10.8. The summed E-state index contributed by atoms with van der Waals surface area (Å²) in [5.74, 6) is 3.09. The first-order valence-corrected chi connectivity index (χ1v) is 30.6. The molecule has 0 atom stereocenters. The lowest BCUT2D eigenvalue weighted by Crippen LogP contribution is -2.35. The van der Waals surface area contributed by atoms with E-state index in [1.54, 1.807) is 8.97 Å². The zero-order valence-electron chi connectivity index (χ0n) is 49.4. The van der Waals surface area contributed by atoms with Crippen LogP contribution in [-0.4, -0.2) is 63.5 Å². The standard InChI is InChI=1S/C78H48N12O2/c1-78(2)56-31-14-9-26-51(56)72(91)89-63-42-40-61-65(68(63)80-74(78)89)53-28-11-17-34-59(53)88(61)76-84-70(47-22-7-4-8-23-47)83-71(85-76)49-25-19-24-48(44-49)45-36-38-50(39-37-45)86-60-35-18-13-30-55(60)73(92)90-64-43-41-62-66(69(64)82-77(86)90)54-29-12-16-33-58(54)87(62)75-79-57-32-15-10-27-52(57)67(81-75)46-20-5-3-6-21-46/h3-44H,1-2H3. The highest BCUT2D eigenvalue weighted by atomic mass is 16.2. The van der Waals surface area contributed by atoms with Crippen molar-refractivity contribution in [1.82, 2.24) is 57.6 Å². The number of nitrogens with zero attached hydrogens (tertiary/aromatic N) is 12. The first-order chi connectivity index (χ1) is 45.2. The third-order valence-corrected chi connectivity index (χ3v) is 18.5. The Morgan fingerprint density at radius 1 is 0.348 bits per heavy atom. The molecular formula is C78H48N12O2. The number of carbonyl (C=O) groups excluding carboxylic acids is 1. The molecule has 7 aromatic heterocycles. The number of carbonyl (C=O) groups is 1. The molecule has 0 spiro atoms. The Labute approximate surface area is 522 Å². The van der Waals surface area contributed by atoms with Crippen molar-refractivity contribution in [3.8, 4) is 62.7 Å². The number of benzene rings is 11. The summed E-state index contributed by atoms with van der Waals surface area (Å²) in [7, 11) is 0. The molecular weight excluding hydrogens is 1140 g/mol. The van der Waals surface area contributed by atoms with E-state index in [-0.39, 0.29) is 11.5 Å². The van der Waals surface area contributed by atoms with Gasteiger partial charge in [0, 0.05) is 60.3 Å². The summed E-state index contributed by atoms with van der Waals surface area (Å²) in [6.45, 7) is 4.27. The van der Waals surface area contributed by atoms with E-state index in [1.165, 1.54) is 0 Å². The van der Waals surface area contributed by atoms with Gasteiger partial charge in [-0.1, -0.05) is 176 Å². The number of hydrogen-bond donors (Lipinski definition) is 0. The van der Waals surface area contributed by atoms with Crippen molar-refractivity contribution in [1.29, 1.82) is 0 Å². The largest absolute Gasteiger partial charge is 0.279 e. The lowest BCUT2D eigenvalue weighted by molar-refractivity contribution is 0.0948. The van der Waals surface area contributed by atoms with Crippen molar-refractivity contribution in [3.05, 3.63) is 282 Å². The second-order valence-corrected chi connectivity index (χ2v) is 24.0. The highest BCUT2D eigenvalue weighted by Gasteiger charge is 2.40. The summed E-state index contributed by atoms with van der Waals surface area (Å²) < 4.78 is 9.84. The predicted octanol–water partition coefficient (Wildman–Crippen LogP) is 16.5. The Balaban J connectivity index is 0.742. The monoisotopic (exact) mass is 1180 g/mol. The van der Waals surface area contributed by atoms with Crippen LogP contribution in [0.2, 0.25) is 0 Å². The molecule has 0 radical (unpaired) electrons. The maximum atomic E-state index is 15.0. The van der Waals surface area contributed by atoms with Crippen LogP contribution in [0.1, 0.15) is 35.6 Å². The van der Waals surface area contributed by atoms with E-state index in [1.807, 2.05) is 164 Å². The molecule has 0 unspecified atom stereocenters. The fraction of sp³-hybridized carbons (Fsp3) is 0.0385. The lowest BCUT2D eigenvalue weighted by atomic mass is 9.78. The van der Waals surface area contributed by atoms with E-state index in [0.29, 0.717) is 57.1 Å². The van der Waals surface area contributed by atoms with Crippen LogP contribution in [0, 0.1) is 0 Å². The normalized spacial score (nSPS) is 13.0. The summed E-state index contributed by atoms with van der Waals surface area (Å²) in [6, 6.07) is 85.2. The summed E-state index contributed by atoms with van der Waals surface area (Å²) >= 11 is 0. The summed E-state index contributed by atoms with van der Waals surface area (Å²) in [6.07, 6.45) is 0. The van der Waals surface area contributed by atoms with Gasteiger partial charge in [0.25, 0.3) is 11.5 Å². The molecule has 0 fully saturated rings. The van der Waals surface area contributed by atoms with Crippen LogP contribution in [0.3, 0.4) is 0 Å². The van der Waals surface area contributed by atoms with Gasteiger partial charge in [-0.15, -0.1) is 0 Å². The van der Waals surface area contributed by atoms with Crippen molar-refractivity contribution in [2.75, 3.05) is 0 Å². The van der Waals surface area contributed by atoms with Gasteiger partial charge in [-0.2, -0.15) is 9.97 Å². The van der Waals surface area contributed by atoms with Crippen LogP contribution in [0.25, 0.3) is 156 Å². The minimum absolute atomic E-state index is 0.0871. The van der Waals surface area contributed by atoms with Crippen LogP contribution in [0.4, 0.5) is 0 Å². The molecule has 92 heavy (non-hydrogen) atoms. The van der Waals surface area contributed by atoms with Gasteiger partial charge in [-0.05, 0) is 109 Å². The average Bonchev–Trinajstić information content (AvgIpc) is 1.53. The first-order valence-electron chi connectivity index (χ1n) is 30.6. The molecule has 0 aliphatic carbocycles. The van der Waals surface area contributed by atoms with Gasteiger partial charge >= 0.3 is 0 Å². The van der Waals surface area contributed by atoms with Crippen molar-refractivity contribution in [3.63, 3.8) is 0 Å². The summed E-state index contributed by atoms with van der Waals surface area (Å²) in [4.78, 5) is 66.5. The molecule has 0 bridgehead atoms. The average molecular weight is 1190 g/mol. The maximum Gasteiger partial charge on any atom is 0.267 e. The Morgan fingerprint density at radius 2 is 0.880 bits per heavy atom. The molecule has 0 saturated carbocycles. The van der Waals surface area contributed by atoms with Crippen LogP contribution in [0.5, 0.6) is 0 Å². The molecule has 19 rings (SSSR count). The lowest BCUT2D eigenvalue weighted by Gasteiger charge is -2.31. The summed E-state index contributed by atoms with van der Waals surface area (Å²) in [5, 5.41) is 5.25. The Hall–Kier alpha value is -12.6. The highest BCUT2D eigenvalue weighted by Crippen LogP contribution is 2.44. The number of rotatable bonds is 7. The molecule has 0 saturated heterocycles. The van der Waals surface area contributed by atoms with Crippen molar-refractivity contribution in [2.24, 2.45) is 0 Å². The molecule has 18 aromatic rings. The van der Waals surface area contributed by atoms with Crippen LogP contribution < -0.4 is 5.56 Å². The van der Waals surface area contributed by atoms with Gasteiger partial charge in [0.2, 0.25) is 17.7 Å². The van der Waals surface area contributed by atoms with Gasteiger partial charge in [0.15, 0.2) is 11.6 Å². The van der Waals surface area contributed by atoms with Crippen LogP contribution in [0.15, 0.2) is 260 Å². The van der Waals surface area contributed by atoms with Gasteiger partial charge < -0.3 is 0 Å². The van der Waals surface area contributed by atoms with Crippen LogP contribution in [-0.2, 0) is 5.41 Å². The summed E-state index contributed by atoms with van der Waals surface area (Å²) in [5.41, 5.74) is 15.1. The van der Waals surface area contributed by atoms with E-state index in [2.05, 4.69) is 119 Å². The SMILES string of the molecule is CC1(C)c2ccccc2C(=O)n2c1nc1c3c4ccccc4n(-c4nc(-c5ccccc5)nc(-c5cccc(-c6ccc(-n7c8ccccc8c(=O)n8c9ccc%10c(c%11ccccc%11n%10-c%10nc(-c%11ccccc%11)c%11ccccc%11n%10)c9nc78)cc6)c5)n4)c3ccc12.